The molecular formula is C4H3F6N3. The Hall–Kier alpha value is -1.28. The van der Waals surface area contributed by atoms with Gasteiger partial charge in [-0.3, -0.25) is 5.41 Å². The second-order valence-electron chi connectivity index (χ2n) is 1.84. The highest BCUT2D eigenvalue weighted by atomic mass is 19.4. The fourth-order valence-electron chi connectivity index (χ4n) is 0.247. The number of aliphatic imine (C=N–C) groups is 1. The first-order valence-electron chi connectivity index (χ1n) is 2.62. The molecule has 9 heteroatoms. The van der Waals surface area contributed by atoms with Crippen LogP contribution in [0.15, 0.2) is 4.99 Å². The third-order valence-electron chi connectivity index (χ3n) is 0.791. The Morgan fingerprint density at radius 2 is 1.38 bits per heavy atom. The molecule has 0 bridgehead atoms. The van der Waals surface area contributed by atoms with Crippen LogP contribution in [0.5, 0.6) is 0 Å². The van der Waals surface area contributed by atoms with Crippen LogP contribution in [0.3, 0.4) is 0 Å². The van der Waals surface area contributed by atoms with Crippen LogP contribution < -0.4 is 5.73 Å². The fraction of sp³-hybridized carbons (Fsp3) is 0.500. The van der Waals surface area contributed by atoms with Crippen molar-refractivity contribution in [3.8, 4) is 0 Å². The summed E-state index contributed by atoms with van der Waals surface area (Å²) in [5.74, 6) is -4.59. The van der Waals surface area contributed by atoms with Crippen molar-refractivity contribution in [3.05, 3.63) is 0 Å². The zero-order valence-electron chi connectivity index (χ0n) is 5.79. The molecule has 0 fully saturated rings. The van der Waals surface area contributed by atoms with Crippen molar-refractivity contribution < 1.29 is 26.3 Å². The van der Waals surface area contributed by atoms with Crippen LogP contribution in [0.4, 0.5) is 26.3 Å². The molecule has 0 unspecified atom stereocenters. The zero-order chi connectivity index (χ0) is 10.9. The maximum absolute atomic E-state index is 11.5. The van der Waals surface area contributed by atoms with Gasteiger partial charge in [-0.2, -0.15) is 26.3 Å². The van der Waals surface area contributed by atoms with Gasteiger partial charge < -0.3 is 5.73 Å². The van der Waals surface area contributed by atoms with Crippen LogP contribution in [-0.4, -0.2) is 24.0 Å². The Bertz CT molecular complexity index is 235. The maximum atomic E-state index is 11.5. The number of nitrogens with one attached hydrogen (secondary N) is 1. The molecule has 0 aromatic carbocycles. The van der Waals surface area contributed by atoms with E-state index in [1.807, 2.05) is 4.99 Å². The number of nitrogens with two attached hydrogens (primary N) is 1. The van der Waals surface area contributed by atoms with Gasteiger partial charge in [-0.15, -0.1) is 0 Å². The second-order valence-corrected chi connectivity index (χ2v) is 1.84. The first-order chi connectivity index (χ1) is 5.55. The number of hydrogen-bond donors (Lipinski definition) is 2. The molecular weight excluding hydrogens is 204 g/mol. The summed E-state index contributed by atoms with van der Waals surface area (Å²) in [4.78, 5) is 1.85. The van der Waals surface area contributed by atoms with Crippen LogP contribution in [0, 0.1) is 5.41 Å². The number of halogens is 6. The molecule has 76 valence electrons. The van der Waals surface area contributed by atoms with E-state index in [0.29, 0.717) is 0 Å². The lowest BCUT2D eigenvalue weighted by molar-refractivity contribution is -0.0637. The smallest absolute Gasteiger partial charge is 0.380 e. The van der Waals surface area contributed by atoms with E-state index in [4.69, 9.17) is 5.41 Å². The second kappa shape index (κ2) is 3.23. The Balaban J connectivity index is 4.70. The third kappa shape index (κ3) is 3.76. The number of amidine groups is 2. The van der Waals surface area contributed by atoms with E-state index in [0.717, 1.165) is 0 Å². The van der Waals surface area contributed by atoms with Gasteiger partial charge in [0.1, 0.15) is 0 Å². The Morgan fingerprint density at radius 1 is 1.00 bits per heavy atom. The standard InChI is InChI=1S/C4H3F6N3/c5-3(6,7)1(11)13-2(12)4(8,9)10/h(H3,11,12,13). The fourth-order valence-corrected chi connectivity index (χ4v) is 0.247. The number of alkyl halides is 6. The van der Waals surface area contributed by atoms with Gasteiger partial charge in [0.05, 0.1) is 0 Å². The van der Waals surface area contributed by atoms with E-state index < -0.39 is 24.0 Å². The van der Waals surface area contributed by atoms with E-state index in [9.17, 15) is 26.3 Å². The molecule has 0 aliphatic rings. The average molecular weight is 207 g/mol. The summed E-state index contributed by atoms with van der Waals surface area (Å²) < 4.78 is 68.8. The predicted molar refractivity (Wildman–Crippen MR) is 31.5 cm³/mol. The molecule has 0 saturated heterocycles. The molecule has 0 radical (unpaired) electrons. The highest BCUT2D eigenvalue weighted by molar-refractivity contribution is 5.99. The van der Waals surface area contributed by atoms with Crippen molar-refractivity contribution in [2.75, 3.05) is 0 Å². The minimum atomic E-state index is -5.23. The van der Waals surface area contributed by atoms with Gasteiger partial charge in [0.25, 0.3) is 0 Å². The molecule has 0 aromatic rings. The van der Waals surface area contributed by atoms with Gasteiger partial charge in [0.2, 0.25) is 11.7 Å². The monoisotopic (exact) mass is 207 g/mol. The lowest BCUT2D eigenvalue weighted by Crippen LogP contribution is -2.34. The summed E-state index contributed by atoms with van der Waals surface area (Å²) in [7, 11) is 0. The molecule has 3 N–H and O–H groups in total. The summed E-state index contributed by atoms with van der Waals surface area (Å²) in [6, 6.07) is 0. The SMILES string of the molecule is N=C(N=C(N)C(F)(F)F)C(F)(F)F. The predicted octanol–water partition coefficient (Wildman–Crippen LogP) is 1.45. The lowest BCUT2D eigenvalue weighted by atomic mass is 10.5. The van der Waals surface area contributed by atoms with Crippen LogP contribution in [0.2, 0.25) is 0 Å². The summed E-state index contributed by atoms with van der Waals surface area (Å²) in [5, 5.41) is 6.06. The van der Waals surface area contributed by atoms with Gasteiger partial charge in [-0.1, -0.05) is 0 Å². The van der Waals surface area contributed by atoms with Crippen molar-refractivity contribution in [1.29, 1.82) is 5.41 Å². The molecule has 0 aliphatic heterocycles. The van der Waals surface area contributed by atoms with Crippen molar-refractivity contribution in [2.24, 2.45) is 10.7 Å². The minimum Gasteiger partial charge on any atom is -0.380 e. The molecule has 0 saturated carbocycles. The van der Waals surface area contributed by atoms with Gasteiger partial charge in [0.15, 0.2) is 0 Å². The summed E-state index contributed by atoms with van der Waals surface area (Å²) in [5.41, 5.74) is 4.13. The molecule has 3 nitrogen and oxygen atoms in total. The van der Waals surface area contributed by atoms with Crippen LogP contribution in [-0.2, 0) is 0 Å². The lowest BCUT2D eigenvalue weighted by Gasteiger charge is -2.06. The van der Waals surface area contributed by atoms with E-state index >= 15 is 0 Å². The van der Waals surface area contributed by atoms with Gasteiger partial charge in [-0.25, -0.2) is 4.99 Å². The van der Waals surface area contributed by atoms with E-state index in [2.05, 4.69) is 5.73 Å². The average Bonchev–Trinajstić information content (AvgIpc) is 1.82. The van der Waals surface area contributed by atoms with E-state index in [-0.39, 0.29) is 0 Å². The highest BCUT2D eigenvalue weighted by Gasteiger charge is 2.39. The normalized spacial score (nSPS) is 14.5. The maximum Gasteiger partial charge on any atom is 0.450 e. The Kier molecular flexibility index (Phi) is 2.91. The Morgan fingerprint density at radius 3 is 1.62 bits per heavy atom. The zero-order valence-corrected chi connectivity index (χ0v) is 5.79. The van der Waals surface area contributed by atoms with Crippen LogP contribution >= 0.6 is 0 Å². The molecule has 0 heterocycles. The molecule has 0 aliphatic carbocycles. The molecule has 0 atom stereocenters. The first kappa shape index (κ1) is 11.7. The van der Waals surface area contributed by atoms with Gasteiger partial charge in [-0.05, 0) is 0 Å². The van der Waals surface area contributed by atoms with Crippen molar-refractivity contribution in [3.63, 3.8) is 0 Å². The van der Waals surface area contributed by atoms with Crippen molar-refractivity contribution in [1.82, 2.24) is 0 Å². The number of rotatable bonds is 0. The van der Waals surface area contributed by atoms with Crippen LogP contribution in [0.25, 0.3) is 0 Å². The molecule has 0 amide bonds. The largest absolute Gasteiger partial charge is 0.450 e. The number of hydrogen-bond acceptors (Lipinski definition) is 1. The molecule has 0 spiro atoms. The topological polar surface area (TPSA) is 62.2 Å². The quantitative estimate of drug-likeness (QED) is 0.352. The molecule has 0 aromatic heterocycles. The Labute approximate surface area is 67.7 Å². The number of nitrogens with zero attached hydrogens (tertiary/aromatic N) is 1. The third-order valence-corrected chi connectivity index (χ3v) is 0.791. The summed E-state index contributed by atoms with van der Waals surface area (Å²) in [6.07, 6.45) is -10.4. The summed E-state index contributed by atoms with van der Waals surface area (Å²) >= 11 is 0. The first-order valence-corrected chi connectivity index (χ1v) is 2.62. The minimum absolute atomic E-state index is 1.85. The van der Waals surface area contributed by atoms with Gasteiger partial charge >= 0.3 is 12.4 Å². The highest BCUT2D eigenvalue weighted by Crippen LogP contribution is 2.19. The van der Waals surface area contributed by atoms with Gasteiger partial charge in [0, 0.05) is 0 Å². The van der Waals surface area contributed by atoms with E-state index in [1.54, 1.807) is 0 Å². The summed E-state index contributed by atoms with van der Waals surface area (Å²) in [6.45, 7) is 0. The van der Waals surface area contributed by atoms with E-state index in [1.165, 1.54) is 0 Å². The molecule has 13 heavy (non-hydrogen) atoms. The van der Waals surface area contributed by atoms with Crippen molar-refractivity contribution in [2.45, 2.75) is 12.4 Å². The van der Waals surface area contributed by atoms with Crippen molar-refractivity contribution >= 4 is 11.7 Å². The molecule has 0 rings (SSSR count). The van der Waals surface area contributed by atoms with Crippen LogP contribution in [0.1, 0.15) is 0 Å².